The van der Waals surface area contributed by atoms with Gasteiger partial charge in [0.2, 0.25) is 0 Å². The summed E-state index contributed by atoms with van der Waals surface area (Å²) in [6, 6.07) is 14.6. The molecule has 0 saturated heterocycles. The molecule has 0 bridgehead atoms. The van der Waals surface area contributed by atoms with Gasteiger partial charge in [-0.05, 0) is 24.5 Å². The summed E-state index contributed by atoms with van der Waals surface area (Å²) in [5, 5.41) is 0.302. The van der Waals surface area contributed by atoms with Gasteiger partial charge in [0, 0.05) is 46.6 Å². The lowest BCUT2D eigenvalue weighted by Crippen LogP contribution is -2.01. The largest absolute Gasteiger partial charge is 0.332 e. The zero-order chi connectivity index (χ0) is 16.4. The van der Waals surface area contributed by atoms with E-state index in [4.69, 9.17) is 4.99 Å². The number of hydrogen-bond donors (Lipinski definition) is 0. The summed E-state index contributed by atoms with van der Waals surface area (Å²) < 4.78 is 2.31. The van der Waals surface area contributed by atoms with Crippen molar-refractivity contribution in [2.75, 3.05) is 6.26 Å². The number of thioether (sulfide) groups is 2. The van der Waals surface area contributed by atoms with Crippen LogP contribution in [0.4, 0.5) is 5.69 Å². The number of pyridine rings is 1. The van der Waals surface area contributed by atoms with Crippen molar-refractivity contribution >= 4 is 35.4 Å². The minimum Gasteiger partial charge on any atom is -0.332 e. The van der Waals surface area contributed by atoms with Crippen LogP contribution in [-0.2, 0) is 5.75 Å². The predicted octanol–water partition coefficient (Wildman–Crippen LogP) is 5.15. The van der Waals surface area contributed by atoms with Gasteiger partial charge in [-0.1, -0.05) is 24.3 Å². The average molecular weight is 352 g/mol. The molecule has 3 nitrogen and oxygen atoms in total. The van der Waals surface area contributed by atoms with E-state index in [-0.39, 0.29) is 0 Å². The van der Waals surface area contributed by atoms with Gasteiger partial charge in [-0.2, -0.15) is 0 Å². The van der Waals surface area contributed by atoms with E-state index in [0.29, 0.717) is 5.37 Å². The highest BCUT2D eigenvalue weighted by Crippen LogP contribution is 2.44. The number of aromatic nitrogens is 2. The monoisotopic (exact) mass is 351 g/mol. The molecule has 0 saturated carbocycles. The third kappa shape index (κ3) is 2.89. The first-order valence-electron chi connectivity index (χ1n) is 7.75. The lowest BCUT2D eigenvalue weighted by Gasteiger charge is -2.11. The fourth-order valence-corrected chi connectivity index (χ4v) is 4.76. The van der Waals surface area contributed by atoms with Crippen molar-refractivity contribution in [1.82, 2.24) is 9.55 Å². The van der Waals surface area contributed by atoms with Gasteiger partial charge < -0.3 is 4.57 Å². The Balaban J connectivity index is 1.62. The molecule has 24 heavy (non-hydrogen) atoms. The number of benzene rings is 1. The van der Waals surface area contributed by atoms with Crippen molar-refractivity contribution in [3.63, 3.8) is 0 Å². The smallest absolute Gasteiger partial charge is 0.106 e. The van der Waals surface area contributed by atoms with E-state index in [2.05, 4.69) is 58.4 Å². The van der Waals surface area contributed by atoms with Gasteiger partial charge >= 0.3 is 0 Å². The molecule has 0 spiro atoms. The summed E-state index contributed by atoms with van der Waals surface area (Å²) >= 11 is 3.67. The summed E-state index contributed by atoms with van der Waals surface area (Å²) in [5.74, 6) is 0.976. The molecular formula is C19H17N3S2. The van der Waals surface area contributed by atoms with Crippen LogP contribution >= 0.6 is 23.5 Å². The van der Waals surface area contributed by atoms with Crippen LogP contribution in [0.1, 0.15) is 22.2 Å². The Labute approximate surface area is 150 Å². The summed E-state index contributed by atoms with van der Waals surface area (Å²) in [6.07, 6.45) is 9.98. The maximum absolute atomic E-state index is 4.76. The van der Waals surface area contributed by atoms with E-state index in [1.807, 2.05) is 36.4 Å². The van der Waals surface area contributed by atoms with Crippen LogP contribution in [0.25, 0.3) is 0 Å². The first-order valence-corrected chi connectivity index (χ1v) is 10.0. The highest BCUT2D eigenvalue weighted by molar-refractivity contribution is 7.99. The molecule has 3 aromatic rings. The van der Waals surface area contributed by atoms with E-state index in [1.54, 1.807) is 11.8 Å². The third-order valence-electron chi connectivity index (χ3n) is 4.08. The Bertz CT molecular complexity index is 871. The van der Waals surface area contributed by atoms with Gasteiger partial charge in [0.25, 0.3) is 0 Å². The quantitative estimate of drug-likeness (QED) is 0.481. The highest BCUT2D eigenvalue weighted by Gasteiger charge is 2.26. The molecule has 0 amide bonds. The molecule has 3 heterocycles. The highest BCUT2D eigenvalue weighted by atomic mass is 32.2. The second-order valence-electron chi connectivity index (χ2n) is 5.50. The minimum absolute atomic E-state index is 0.302. The molecule has 0 N–H and O–H groups in total. The third-order valence-corrected chi connectivity index (χ3v) is 6.15. The summed E-state index contributed by atoms with van der Waals surface area (Å²) in [7, 11) is 0. The Hall–Kier alpha value is -1.98. The SMILES string of the molecule is CSc1ccccc1C=Nc1ccn2c1CSC2c1cccnc1. The summed E-state index contributed by atoms with van der Waals surface area (Å²) in [6.45, 7) is 0. The van der Waals surface area contributed by atoms with E-state index in [1.165, 1.54) is 21.7 Å². The number of rotatable bonds is 4. The molecular weight excluding hydrogens is 334 g/mol. The van der Waals surface area contributed by atoms with Crippen molar-refractivity contribution in [3.8, 4) is 0 Å². The summed E-state index contributed by atoms with van der Waals surface area (Å²) in [4.78, 5) is 10.3. The lowest BCUT2D eigenvalue weighted by molar-refractivity contribution is 0.778. The fraction of sp³-hybridized carbons (Fsp3) is 0.158. The lowest BCUT2D eigenvalue weighted by atomic mass is 10.2. The number of nitrogens with zero attached hydrogens (tertiary/aromatic N) is 3. The second-order valence-corrected chi connectivity index (χ2v) is 7.42. The van der Waals surface area contributed by atoms with Gasteiger partial charge in [0.15, 0.2) is 0 Å². The standard InChI is InChI=1S/C19H17N3S2/c1-23-18-7-3-2-5-14(18)12-21-16-8-10-22-17(16)13-24-19(22)15-6-4-9-20-11-15/h2-12,19H,13H2,1H3. The predicted molar refractivity (Wildman–Crippen MR) is 104 cm³/mol. The van der Waals surface area contributed by atoms with Crippen LogP contribution in [-0.4, -0.2) is 22.0 Å². The summed E-state index contributed by atoms with van der Waals surface area (Å²) in [5.41, 5.74) is 4.75. The molecule has 0 fully saturated rings. The van der Waals surface area contributed by atoms with Crippen LogP contribution in [0, 0.1) is 0 Å². The van der Waals surface area contributed by atoms with Gasteiger partial charge in [-0.15, -0.1) is 23.5 Å². The van der Waals surface area contributed by atoms with Crippen molar-refractivity contribution < 1.29 is 0 Å². The van der Waals surface area contributed by atoms with Crippen LogP contribution in [0.5, 0.6) is 0 Å². The molecule has 1 atom stereocenters. The van der Waals surface area contributed by atoms with Crippen LogP contribution in [0.2, 0.25) is 0 Å². The molecule has 1 aliphatic heterocycles. The second kappa shape index (κ2) is 6.87. The molecule has 1 unspecified atom stereocenters. The van der Waals surface area contributed by atoms with E-state index in [0.717, 1.165) is 11.4 Å². The minimum atomic E-state index is 0.302. The Morgan fingerprint density at radius 1 is 1.25 bits per heavy atom. The molecule has 1 aliphatic rings. The number of fused-ring (bicyclic) bond motifs is 1. The molecule has 1 aromatic carbocycles. The first kappa shape index (κ1) is 15.5. The maximum Gasteiger partial charge on any atom is 0.106 e. The van der Waals surface area contributed by atoms with Crippen molar-refractivity contribution in [2.24, 2.45) is 4.99 Å². The molecule has 4 rings (SSSR count). The zero-order valence-electron chi connectivity index (χ0n) is 13.3. The molecule has 0 aliphatic carbocycles. The Morgan fingerprint density at radius 3 is 3.00 bits per heavy atom. The number of aliphatic imine (C=N–C) groups is 1. The van der Waals surface area contributed by atoms with Crippen molar-refractivity contribution in [2.45, 2.75) is 16.0 Å². The van der Waals surface area contributed by atoms with Gasteiger partial charge in [-0.3, -0.25) is 9.98 Å². The Morgan fingerprint density at radius 2 is 2.17 bits per heavy atom. The normalized spacial score (nSPS) is 16.6. The average Bonchev–Trinajstić information content (AvgIpc) is 3.23. The van der Waals surface area contributed by atoms with E-state index in [9.17, 15) is 0 Å². The van der Waals surface area contributed by atoms with Gasteiger partial charge in [0.1, 0.15) is 5.37 Å². The van der Waals surface area contributed by atoms with Crippen molar-refractivity contribution in [1.29, 1.82) is 0 Å². The molecule has 2 aromatic heterocycles. The van der Waals surface area contributed by atoms with E-state index < -0.39 is 0 Å². The molecule has 120 valence electrons. The molecule has 5 heteroatoms. The van der Waals surface area contributed by atoms with Crippen LogP contribution in [0.3, 0.4) is 0 Å². The van der Waals surface area contributed by atoms with Crippen LogP contribution < -0.4 is 0 Å². The topological polar surface area (TPSA) is 30.2 Å². The van der Waals surface area contributed by atoms with Crippen LogP contribution in [0.15, 0.2) is 70.9 Å². The maximum atomic E-state index is 4.76. The van der Waals surface area contributed by atoms with E-state index >= 15 is 0 Å². The fourth-order valence-electron chi connectivity index (χ4n) is 2.88. The Kier molecular flexibility index (Phi) is 4.45. The molecule has 0 radical (unpaired) electrons. The number of hydrogen-bond acceptors (Lipinski definition) is 4. The first-order chi connectivity index (χ1) is 11.9. The van der Waals surface area contributed by atoms with Gasteiger partial charge in [-0.25, -0.2) is 0 Å². The van der Waals surface area contributed by atoms with Gasteiger partial charge in [0.05, 0.1) is 11.4 Å². The zero-order valence-corrected chi connectivity index (χ0v) is 14.9. The van der Waals surface area contributed by atoms with Crippen molar-refractivity contribution in [3.05, 3.63) is 77.9 Å².